The van der Waals surface area contributed by atoms with E-state index in [1.165, 1.54) is 0 Å². The Labute approximate surface area is 255 Å². The first-order chi connectivity index (χ1) is 20.9. The van der Waals surface area contributed by atoms with E-state index in [1.54, 1.807) is 48.5 Å². The number of anilines is 2. The monoisotopic (exact) mass is 596 g/mol. The number of ether oxygens (including phenoxy) is 4. The lowest BCUT2D eigenvalue weighted by Crippen LogP contribution is -2.24. The van der Waals surface area contributed by atoms with Gasteiger partial charge in [-0.15, -0.1) is 0 Å². The van der Waals surface area contributed by atoms with Crippen molar-refractivity contribution < 1.29 is 33.3 Å². The fraction of sp³-hybridized carbons (Fsp3) is 0.500. The molecule has 0 aromatic heterocycles. The molecule has 2 rings (SSSR count). The summed E-state index contributed by atoms with van der Waals surface area (Å²) in [5.74, 6) is -0.441. The topological polar surface area (TPSA) is 140 Å². The van der Waals surface area contributed by atoms with Gasteiger partial charge in [-0.05, 0) is 80.6 Å². The largest absolute Gasteiger partial charge is 0.460 e. The van der Waals surface area contributed by atoms with Crippen LogP contribution in [0.15, 0.2) is 60.7 Å². The molecule has 2 aromatic carbocycles. The van der Waals surface area contributed by atoms with Crippen molar-refractivity contribution in [3.05, 3.63) is 60.7 Å². The minimum Gasteiger partial charge on any atom is -0.460 e. The van der Waals surface area contributed by atoms with Crippen LogP contribution in [0.3, 0.4) is 0 Å². The lowest BCUT2D eigenvalue weighted by molar-refractivity contribution is -0.156. The van der Waals surface area contributed by atoms with E-state index in [1.807, 2.05) is 0 Å². The summed E-state index contributed by atoms with van der Waals surface area (Å²) >= 11 is 0. The van der Waals surface area contributed by atoms with Gasteiger partial charge in [0.15, 0.2) is 0 Å². The summed E-state index contributed by atoms with van der Waals surface area (Å²) in [5, 5.41) is 0. The van der Waals surface area contributed by atoms with Crippen molar-refractivity contribution in [1.82, 2.24) is 0 Å². The molecular weight excluding hydrogens is 548 g/mol. The van der Waals surface area contributed by atoms with E-state index < -0.39 is 11.9 Å². The van der Waals surface area contributed by atoms with Gasteiger partial charge >= 0.3 is 17.9 Å². The SMILES string of the molecule is CCCCCC[C@H](C/C=C\CCCCCCCC(=O)Oc1ccc(N)cc1)OC(=O)COCC(=O)Oc1ccc(N)cc1. The van der Waals surface area contributed by atoms with Gasteiger partial charge < -0.3 is 30.4 Å². The molecule has 0 saturated carbocycles. The summed E-state index contributed by atoms with van der Waals surface area (Å²) in [4.78, 5) is 36.2. The molecule has 1 atom stereocenters. The van der Waals surface area contributed by atoms with Gasteiger partial charge in [0.25, 0.3) is 0 Å². The Morgan fingerprint density at radius 2 is 1.23 bits per heavy atom. The van der Waals surface area contributed by atoms with Crippen LogP contribution in [-0.4, -0.2) is 37.2 Å². The highest BCUT2D eigenvalue weighted by molar-refractivity contribution is 5.75. The fourth-order valence-corrected chi connectivity index (χ4v) is 4.30. The van der Waals surface area contributed by atoms with Crippen LogP contribution in [0.5, 0.6) is 11.5 Å². The third-order valence-corrected chi connectivity index (χ3v) is 6.66. The van der Waals surface area contributed by atoms with Crippen LogP contribution in [0, 0.1) is 0 Å². The minimum absolute atomic E-state index is 0.221. The quantitative estimate of drug-likeness (QED) is 0.0486. The second-order valence-corrected chi connectivity index (χ2v) is 10.6. The zero-order valence-electron chi connectivity index (χ0n) is 25.5. The number of benzene rings is 2. The maximum atomic E-state index is 12.4. The molecule has 2 aromatic rings. The van der Waals surface area contributed by atoms with Crippen LogP contribution in [0.25, 0.3) is 0 Å². The summed E-state index contributed by atoms with van der Waals surface area (Å²) in [6.07, 6.45) is 16.2. The van der Waals surface area contributed by atoms with Crippen molar-refractivity contribution in [3.63, 3.8) is 0 Å². The summed E-state index contributed by atoms with van der Waals surface area (Å²) < 4.78 is 21.3. The van der Waals surface area contributed by atoms with E-state index in [-0.39, 0.29) is 25.3 Å². The van der Waals surface area contributed by atoms with Gasteiger partial charge in [-0.1, -0.05) is 57.6 Å². The molecule has 0 spiro atoms. The van der Waals surface area contributed by atoms with Gasteiger partial charge in [-0.25, -0.2) is 9.59 Å². The molecular formula is C34H48N2O7. The average Bonchev–Trinajstić information content (AvgIpc) is 2.98. The Morgan fingerprint density at radius 3 is 1.88 bits per heavy atom. The van der Waals surface area contributed by atoms with Crippen LogP contribution >= 0.6 is 0 Å². The number of esters is 3. The first kappa shape index (κ1) is 35.3. The zero-order chi connectivity index (χ0) is 31.1. The molecule has 0 bridgehead atoms. The number of hydrogen-bond donors (Lipinski definition) is 2. The Kier molecular flexibility index (Phi) is 17.9. The molecule has 0 radical (unpaired) electrons. The first-order valence-electron chi connectivity index (χ1n) is 15.4. The lowest BCUT2D eigenvalue weighted by Gasteiger charge is -2.16. The van der Waals surface area contributed by atoms with Crippen molar-refractivity contribution >= 4 is 29.3 Å². The van der Waals surface area contributed by atoms with Gasteiger partial charge in [0.05, 0.1) is 0 Å². The van der Waals surface area contributed by atoms with Gasteiger partial charge in [0.2, 0.25) is 0 Å². The molecule has 43 heavy (non-hydrogen) atoms. The predicted molar refractivity (Wildman–Crippen MR) is 169 cm³/mol. The van der Waals surface area contributed by atoms with Crippen molar-refractivity contribution in [2.45, 2.75) is 96.5 Å². The highest BCUT2D eigenvalue weighted by atomic mass is 16.6. The molecule has 4 N–H and O–H groups in total. The molecule has 9 heteroatoms. The number of hydrogen-bond acceptors (Lipinski definition) is 9. The number of unbranched alkanes of at least 4 members (excludes halogenated alkanes) is 8. The third-order valence-electron chi connectivity index (χ3n) is 6.66. The fourth-order valence-electron chi connectivity index (χ4n) is 4.30. The van der Waals surface area contributed by atoms with Crippen LogP contribution in [-0.2, 0) is 23.9 Å². The normalized spacial score (nSPS) is 11.7. The van der Waals surface area contributed by atoms with Crippen molar-refractivity contribution in [1.29, 1.82) is 0 Å². The van der Waals surface area contributed by atoms with Crippen molar-refractivity contribution in [2.75, 3.05) is 24.7 Å². The number of nitrogen functional groups attached to an aromatic ring is 2. The number of rotatable bonds is 22. The van der Waals surface area contributed by atoms with Gasteiger partial charge in [0, 0.05) is 24.2 Å². The molecule has 0 aliphatic rings. The molecule has 0 fully saturated rings. The lowest BCUT2D eigenvalue weighted by atomic mass is 10.1. The first-order valence-corrected chi connectivity index (χ1v) is 15.4. The average molecular weight is 597 g/mol. The van der Waals surface area contributed by atoms with Crippen LogP contribution in [0.2, 0.25) is 0 Å². The summed E-state index contributed by atoms with van der Waals surface area (Å²) in [5.41, 5.74) is 12.5. The Morgan fingerprint density at radius 1 is 0.674 bits per heavy atom. The van der Waals surface area contributed by atoms with Crippen LogP contribution < -0.4 is 20.9 Å². The molecule has 0 unspecified atom stereocenters. The van der Waals surface area contributed by atoms with Crippen molar-refractivity contribution in [2.24, 2.45) is 0 Å². The number of nitrogens with two attached hydrogens (primary N) is 2. The molecule has 0 aliphatic heterocycles. The van der Waals surface area contributed by atoms with E-state index in [2.05, 4.69) is 19.1 Å². The second kappa shape index (κ2) is 21.8. The Bertz CT molecular complexity index is 1100. The van der Waals surface area contributed by atoms with Gasteiger partial charge in [-0.3, -0.25) is 4.79 Å². The maximum Gasteiger partial charge on any atom is 0.337 e. The summed E-state index contributed by atoms with van der Waals surface area (Å²) in [6.45, 7) is 1.49. The number of allylic oxidation sites excluding steroid dienone is 1. The molecule has 0 amide bonds. The third kappa shape index (κ3) is 17.6. The van der Waals surface area contributed by atoms with E-state index in [0.717, 1.165) is 70.6 Å². The molecule has 0 saturated heterocycles. The van der Waals surface area contributed by atoms with Gasteiger partial charge in [0.1, 0.15) is 30.8 Å². The zero-order valence-corrected chi connectivity index (χ0v) is 25.5. The predicted octanol–water partition coefficient (Wildman–Crippen LogP) is 6.94. The number of carbonyl (C=O) groups excluding carboxylic acids is 3. The van der Waals surface area contributed by atoms with E-state index >= 15 is 0 Å². The molecule has 236 valence electrons. The highest BCUT2D eigenvalue weighted by Crippen LogP contribution is 2.16. The van der Waals surface area contributed by atoms with Gasteiger partial charge in [-0.2, -0.15) is 0 Å². The Hall–Kier alpha value is -3.85. The maximum absolute atomic E-state index is 12.4. The Balaban J connectivity index is 1.58. The summed E-state index contributed by atoms with van der Waals surface area (Å²) in [6, 6.07) is 13.2. The highest BCUT2D eigenvalue weighted by Gasteiger charge is 2.15. The van der Waals surface area contributed by atoms with E-state index in [9.17, 15) is 14.4 Å². The molecule has 0 heterocycles. The van der Waals surface area contributed by atoms with Crippen LogP contribution in [0.1, 0.15) is 90.4 Å². The minimum atomic E-state index is -0.603. The van der Waals surface area contributed by atoms with E-state index in [0.29, 0.717) is 35.7 Å². The number of carbonyl (C=O) groups is 3. The molecule has 0 aliphatic carbocycles. The van der Waals surface area contributed by atoms with E-state index in [4.69, 9.17) is 30.4 Å². The second-order valence-electron chi connectivity index (χ2n) is 10.6. The molecule has 9 nitrogen and oxygen atoms in total. The summed E-state index contributed by atoms with van der Waals surface area (Å²) in [7, 11) is 0. The van der Waals surface area contributed by atoms with Crippen LogP contribution in [0.4, 0.5) is 11.4 Å². The smallest absolute Gasteiger partial charge is 0.337 e. The van der Waals surface area contributed by atoms with Crippen molar-refractivity contribution in [3.8, 4) is 11.5 Å². The standard InChI is InChI=1S/C34H48N2O7/c1-2-3-4-11-14-29(42-33(38)25-40-26-34(39)43-31-23-19-28(36)20-24-31)15-12-9-7-5-6-8-10-13-16-32(37)41-30-21-17-27(35)18-22-30/h9,12,17-24,29H,2-8,10-11,13-16,25-26,35-36H2,1H3/b12-9-/t29-/m1/s1.